The fourth-order valence-corrected chi connectivity index (χ4v) is 3.27. The van der Waals surface area contributed by atoms with Gasteiger partial charge >= 0.3 is 6.03 Å². The Bertz CT molecular complexity index is 744. The van der Waals surface area contributed by atoms with Crippen molar-refractivity contribution in [1.29, 1.82) is 0 Å². The van der Waals surface area contributed by atoms with Crippen LogP contribution in [-0.4, -0.2) is 27.5 Å². The fourth-order valence-electron chi connectivity index (χ4n) is 3.10. The second kappa shape index (κ2) is 7.23. The molecule has 1 aromatic carbocycles. The Kier molecular flexibility index (Phi) is 5.06. The SMILES string of the molecule is Cc1ccc(Cl)cc1NC(=O)N[C@@H]1CCCc2c1cnn2CCO. The number of benzene rings is 1. The highest BCUT2D eigenvalue weighted by Gasteiger charge is 2.25. The van der Waals surface area contributed by atoms with E-state index in [2.05, 4.69) is 15.7 Å². The van der Waals surface area contributed by atoms with Gasteiger partial charge in [0.15, 0.2) is 0 Å². The smallest absolute Gasteiger partial charge is 0.319 e. The second-order valence-corrected chi connectivity index (χ2v) is 6.43. The van der Waals surface area contributed by atoms with Crippen LogP contribution in [0.1, 0.15) is 35.7 Å². The third kappa shape index (κ3) is 3.55. The molecule has 2 amide bonds. The zero-order valence-corrected chi connectivity index (χ0v) is 14.3. The van der Waals surface area contributed by atoms with Crippen molar-refractivity contribution in [3.63, 3.8) is 0 Å². The number of aryl methyl sites for hydroxylation is 1. The van der Waals surface area contributed by atoms with Crippen LogP contribution in [0.25, 0.3) is 0 Å². The summed E-state index contributed by atoms with van der Waals surface area (Å²) in [5.74, 6) is 0. The fraction of sp³-hybridized carbons (Fsp3) is 0.412. The van der Waals surface area contributed by atoms with Crippen molar-refractivity contribution in [2.75, 3.05) is 11.9 Å². The van der Waals surface area contributed by atoms with Gasteiger partial charge in [-0.1, -0.05) is 17.7 Å². The Morgan fingerprint density at radius 1 is 1.50 bits per heavy atom. The summed E-state index contributed by atoms with van der Waals surface area (Å²) in [6, 6.07) is 5.08. The molecule has 3 N–H and O–H groups in total. The molecular weight excluding hydrogens is 328 g/mol. The third-order valence-electron chi connectivity index (χ3n) is 4.33. The Hall–Kier alpha value is -2.05. The van der Waals surface area contributed by atoms with Gasteiger partial charge in [0.05, 0.1) is 25.4 Å². The normalized spacial score (nSPS) is 16.5. The number of aliphatic hydroxyl groups excluding tert-OH is 1. The lowest BCUT2D eigenvalue weighted by atomic mass is 9.93. The van der Waals surface area contributed by atoms with E-state index in [4.69, 9.17) is 16.7 Å². The van der Waals surface area contributed by atoms with Gasteiger partial charge < -0.3 is 15.7 Å². The molecule has 7 heteroatoms. The Balaban J connectivity index is 1.71. The van der Waals surface area contributed by atoms with Crippen molar-refractivity contribution in [2.24, 2.45) is 0 Å². The van der Waals surface area contributed by atoms with Crippen molar-refractivity contribution in [1.82, 2.24) is 15.1 Å². The molecule has 1 heterocycles. The van der Waals surface area contributed by atoms with Crippen LogP contribution in [-0.2, 0) is 13.0 Å². The summed E-state index contributed by atoms with van der Waals surface area (Å²) in [5.41, 5.74) is 3.79. The lowest BCUT2D eigenvalue weighted by Crippen LogP contribution is -2.34. The molecule has 1 aliphatic rings. The average Bonchev–Trinajstić information content (AvgIpc) is 2.96. The number of carbonyl (C=O) groups excluding carboxylic acids is 1. The first-order valence-electron chi connectivity index (χ1n) is 8.07. The molecule has 1 atom stereocenters. The highest BCUT2D eigenvalue weighted by molar-refractivity contribution is 6.31. The van der Waals surface area contributed by atoms with Gasteiger partial charge in [-0.2, -0.15) is 5.10 Å². The van der Waals surface area contributed by atoms with E-state index >= 15 is 0 Å². The molecule has 0 bridgehead atoms. The first kappa shape index (κ1) is 16.8. The minimum atomic E-state index is -0.256. The van der Waals surface area contributed by atoms with Crippen molar-refractivity contribution in [2.45, 2.75) is 38.8 Å². The summed E-state index contributed by atoms with van der Waals surface area (Å²) in [6.07, 6.45) is 4.56. The summed E-state index contributed by atoms with van der Waals surface area (Å²) in [4.78, 5) is 12.4. The maximum Gasteiger partial charge on any atom is 0.319 e. The number of anilines is 1. The molecule has 0 radical (unpaired) electrons. The highest BCUT2D eigenvalue weighted by Crippen LogP contribution is 2.29. The Morgan fingerprint density at radius 3 is 3.12 bits per heavy atom. The minimum Gasteiger partial charge on any atom is -0.394 e. The maximum atomic E-state index is 12.4. The van der Waals surface area contributed by atoms with Gasteiger partial charge in [0.2, 0.25) is 0 Å². The van der Waals surface area contributed by atoms with Gasteiger partial charge in [-0.15, -0.1) is 0 Å². The number of carbonyl (C=O) groups is 1. The topological polar surface area (TPSA) is 79.2 Å². The number of halogens is 1. The van der Waals surface area contributed by atoms with Gasteiger partial charge in [-0.05, 0) is 43.9 Å². The van der Waals surface area contributed by atoms with Gasteiger partial charge in [-0.25, -0.2) is 4.79 Å². The summed E-state index contributed by atoms with van der Waals surface area (Å²) in [7, 11) is 0. The molecule has 0 aliphatic heterocycles. The number of nitrogens with zero attached hydrogens (tertiary/aromatic N) is 2. The zero-order valence-electron chi connectivity index (χ0n) is 13.6. The number of rotatable bonds is 4. The maximum absolute atomic E-state index is 12.4. The quantitative estimate of drug-likeness (QED) is 0.794. The lowest BCUT2D eigenvalue weighted by molar-refractivity contribution is 0.246. The van der Waals surface area contributed by atoms with Gasteiger partial charge in [0.25, 0.3) is 0 Å². The summed E-state index contributed by atoms with van der Waals surface area (Å²) < 4.78 is 1.82. The molecule has 24 heavy (non-hydrogen) atoms. The predicted molar refractivity (Wildman–Crippen MR) is 93.3 cm³/mol. The molecule has 0 unspecified atom stereocenters. The summed E-state index contributed by atoms with van der Waals surface area (Å²) in [6.45, 7) is 2.46. The standard InChI is InChI=1S/C17H21ClN4O2/c1-11-5-6-12(18)9-15(11)21-17(24)20-14-3-2-4-16-13(14)10-19-22(16)7-8-23/h5-6,9-10,14,23H,2-4,7-8H2,1H3,(H2,20,21,24)/t14-/m1/s1. The number of hydrogen-bond donors (Lipinski definition) is 3. The molecule has 0 fully saturated rings. The van der Waals surface area contributed by atoms with Crippen LogP contribution in [0.15, 0.2) is 24.4 Å². The minimum absolute atomic E-state index is 0.0563. The van der Waals surface area contributed by atoms with E-state index in [1.165, 1.54) is 0 Å². The lowest BCUT2D eigenvalue weighted by Gasteiger charge is -2.24. The van der Waals surface area contributed by atoms with Gasteiger partial charge in [0, 0.05) is 22.0 Å². The second-order valence-electron chi connectivity index (χ2n) is 6.00. The number of aromatic nitrogens is 2. The average molecular weight is 349 g/mol. The van der Waals surface area contributed by atoms with Crippen LogP contribution >= 0.6 is 11.6 Å². The molecule has 3 rings (SSSR count). The van der Waals surface area contributed by atoms with Crippen LogP contribution in [0.2, 0.25) is 5.02 Å². The van der Waals surface area contributed by atoms with E-state index in [9.17, 15) is 4.79 Å². The van der Waals surface area contributed by atoms with Crippen molar-refractivity contribution < 1.29 is 9.90 Å². The summed E-state index contributed by atoms with van der Waals surface area (Å²) in [5, 5.41) is 19.9. The van der Waals surface area contributed by atoms with Crippen molar-refractivity contribution in [3.05, 3.63) is 46.2 Å². The van der Waals surface area contributed by atoms with Crippen LogP contribution in [0.4, 0.5) is 10.5 Å². The molecule has 1 aromatic heterocycles. The van der Waals surface area contributed by atoms with E-state index in [1.54, 1.807) is 18.3 Å². The van der Waals surface area contributed by atoms with Crippen molar-refractivity contribution in [3.8, 4) is 0 Å². The van der Waals surface area contributed by atoms with Crippen LogP contribution in [0.5, 0.6) is 0 Å². The van der Waals surface area contributed by atoms with E-state index in [0.29, 0.717) is 17.3 Å². The predicted octanol–water partition coefficient (Wildman–Crippen LogP) is 3.04. The van der Waals surface area contributed by atoms with E-state index < -0.39 is 0 Å². The van der Waals surface area contributed by atoms with E-state index in [1.807, 2.05) is 17.7 Å². The molecule has 1 aliphatic carbocycles. The van der Waals surface area contributed by atoms with E-state index in [-0.39, 0.29) is 18.7 Å². The number of urea groups is 1. The first-order valence-corrected chi connectivity index (χ1v) is 8.45. The largest absolute Gasteiger partial charge is 0.394 e. The Morgan fingerprint density at radius 2 is 2.33 bits per heavy atom. The molecular formula is C17H21ClN4O2. The van der Waals surface area contributed by atoms with Crippen LogP contribution in [0, 0.1) is 6.92 Å². The number of fused-ring (bicyclic) bond motifs is 1. The van der Waals surface area contributed by atoms with E-state index in [0.717, 1.165) is 36.1 Å². The zero-order chi connectivity index (χ0) is 17.1. The molecule has 128 valence electrons. The molecule has 0 saturated carbocycles. The summed E-state index contributed by atoms with van der Waals surface area (Å²) >= 11 is 5.99. The molecule has 0 spiro atoms. The van der Waals surface area contributed by atoms with Crippen LogP contribution < -0.4 is 10.6 Å². The van der Waals surface area contributed by atoms with Gasteiger partial charge in [-0.3, -0.25) is 4.68 Å². The number of amides is 2. The Labute approximate surface area is 145 Å². The number of aliphatic hydroxyl groups is 1. The third-order valence-corrected chi connectivity index (χ3v) is 4.56. The molecule has 6 nitrogen and oxygen atoms in total. The highest BCUT2D eigenvalue weighted by atomic mass is 35.5. The molecule has 2 aromatic rings. The monoisotopic (exact) mass is 348 g/mol. The number of hydrogen-bond acceptors (Lipinski definition) is 3. The first-order chi connectivity index (χ1) is 11.6. The van der Waals surface area contributed by atoms with Gasteiger partial charge in [0.1, 0.15) is 0 Å². The van der Waals surface area contributed by atoms with Crippen LogP contribution in [0.3, 0.4) is 0 Å². The van der Waals surface area contributed by atoms with Crippen molar-refractivity contribution >= 4 is 23.3 Å². The number of nitrogens with one attached hydrogen (secondary N) is 2. The molecule has 0 saturated heterocycles.